The fourth-order valence-electron chi connectivity index (χ4n) is 2.85. The van der Waals surface area contributed by atoms with Crippen molar-refractivity contribution >= 4 is 0 Å². The van der Waals surface area contributed by atoms with Gasteiger partial charge in [-0.2, -0.15) is 5.26 Å². The van der Waals surface area contributed by atoms with Gasteiger partial charge in [0.25, 0.3) is 0 Å². The first-order valence-corrected chi connectivity index (χ1v) is 6.99. The van der Waals surface area contributed by atoms with Gasteiger partial charge in [-0.05, 0) is 31.2 Å². The van der Waals surface area contributed by atoms with Crippen LogP contribution >= 0.6 is 0 Å². The zero-order chi connectivity index (χ0) is 12.8. The van der Waals surface area contributed by atoms with Crippen LogP contribution < -0.4 is 5.32 Å². The lowest BCUT2D eigenvalue weighted by atomic mass is 9.97. The molecule has 0 saturated heterocycles. The van der Waals surface area contributed by atoms with E-state index in [1.54, 1.807) is 0 Å². The van der Waals surface area contributed by atoms with Crippen LogP contribution in [0.5, 0.6) is 0 Å². The number of benzene rings is 1. The van der Waals surface area contributed by atoms with E-state index in [-0.39, 0.29) is 5.92 Å². The fourth-order valence-corrected chi connectivity index (χ4v) is 2.85. The lowest BCUT2D eigenvalue weighted by Gasteiger charge is -2.22. The molecule has 18 heavy (non-hydrogen) atoms. The number of rotatable bonds is 5. The van der Waals surface area contributed by atoms with Gasteiger partial charge in [0.1, 0.15) is 0 Å². The molecule has 1 aromatic carbocycles. The molecule has 2 nitrogen and oxygen atoms in total. The lowest BCUT2D eigenvalue weighted by molar-refractivity contribution is 0.380. The van der Waals surface area contributed by atoms with E-state index < -0.39 is 0 Å². The van der Waals surface area contributed by atoms with Gasteiger partial charge in [-0.15, -0.1) is 0 Å². The van der Waals surface area contributed by atoms with E-state index in [0.717, 1.165) is 18.0 Å². The monoisotopic (exact) mass is 242 g/mol. The number of nitrogens with one attached hydrogen (secondary N) is 1. The average molecular weight is 242 g/mol. The Morgan fingerprint density at radius 3 is 2.56 bits per heavy atom. The Morgan fingerprint density at radius 1 is 1.28 bits per heavy atom. The molecule has 0 spiro atoms. The van der Waals surface area contributed by atoms with Crippen LogP contribution in [0.25, 0.3) is 0 Å². The highest BCUT2D eigenvalue weighted by atomic mass is 14.9. The minimum absolute atomic E-state index is 0.0324. The van der Waals surface area contributed by atoms with Crippen molar-refractivity contribution in [2.45, 2.75) is 44.6 Å². The first kappa shape index (κ1) is 13.1. The molecule has 1 aliphatic carbocycles. The third-order valence-corrected chi connectivity index (χ3v) is 4.11. The van der Waals surface area contributed by atoms with E-state index >= 15 is 0 Å². The summed E-state index contributed by atoms with van der Waals surface area (Å²) in [4.78, 5) is 0. The number of hydrogen-bond donors (Lipinski definition) is 1. The highest BCUT2D eigenvalue weighted by Crippen LogP contribution is 2.27. The second-order valence-electron chi connectivity index (χ2n) is 5.33. The van der Waals surface area contributed by atoms with Crippen LogP contribution in [0, 0.1) is 17.2 Å². The first-order valence-electron chi connectivity index (χ1n) is 6.99. The Hall–Kier alpha value is -1.33. The van der Waals surface area contributed by atoms with Crippen molar-refractivity contribution in [2.24, 2.45) is 5.92 Å². The summed E-state index contributed by atoms with van der Waals surface area (Å²) in [5, 5.41) is 12.8. The van der Waals surface area contributed by atoms with Crippen molar-refractivity contribution in [3.63, 3.8) is 0 Å². The molecule has 1 aliphatic rings. The zero-order valence-electron chi connectivity index (χ0n) is 11.1. The Labute approximate surface area is 110 Å². The topological polar surface area (TPSA) is 35.8 Å². The van der Waals surface area contributed by atoms with E-state index in [0.29, 0.717) is 6.04 Å². The van der Waals surface area contributed by atoms with Crippen LogP contribution in [0.2, 0.25) is 0 Å². The molecule has 2 atom stereocenters. The van der Waals surface area contributed by atoms with Crippen molar-refractivity contribution in [3.05, 3.63) is 35.9 Å². The zero-order valence-corrected chi connectivity index (χ0v) is 11.1. The second kappa shape index (κ2) is 6.56. The summed E-state index contributed by atoms with van der Waals surface area (Å²) in [6, 6.07) is 13.0. The molecule has 0 aliphatic heterocycles. The molecule has 1 fully saturated rings. The van der Waals surface area contributed by atoms with Gasteiger partial charge in [0.2, 0.25) is 0 Å². The van der Waals surface area contributed by atoms with Gasteiger partial charge < -0.3 is 5.32 Å². The number of nitrogens with zero attached hydrogens (tertiary/aromatic N) is 1. The summed E-state index contributed by atoms with van der Waals surface area (Å²) in [6.45, 7) is 3.02. The predicted molar refractivity (Wildman–Crippen MR) is 74.2 cm³/mol. The summed E-state index contributed by atoms with van der Waals surface area (Å²) in [6.07, 6.45) is 5.43. The van der Waals surface area contributed by atoms with Crippen molar-refractivity contribution in [3.8, 4) is 6.07 Å². The molecule has 1 aromatic rings. The largest absolute Gasteiger partial charge is 0.312 e. The molecule has 1 saturated carbocycles. The van der Waals surface area contributed by atoms with Crippen molar-refractivity contribution in [2.75, 3.05) is 6.54 Å². The van der Waals surface area contributed by atoms with E-state index in [4.69, 9.17) is 0 Å². The van der Waals surface area contributed by atoms with Gasteiger partial charge >= 0.3 is 0 Å². The molecule has 0 amide bonds. The van der Waals surface area contributed by atoms with E-state index in [1.165, 1.54) is 25.7 Å². The van der Waals surface area contributed by atoms with Gasteiger partial charge in [-0.1, -0.05) is 43.2 Å². The molecule has 96 valence electrons. The van der Waals surface area contributed by atoms with Crippen LogP contribution in [-0.4, -0.2) is 12.6 Å². The summed E-state index contributed by atoms with van der Waals surface area (Å²) < 4.78 is 0. The maximum absolute atomic E-state index is 9.27. The average Bonchev–Trinajstić information content (AvgIpc) is 2.94. The minimum Gasteiger partial charge on any atom is -0.312 e. The highest BCUT2D eigenvalue weighted by Gasteiger charge is 2.22. The molecular weight excluding hydrogens is 220 g/mol. The smallest absolute Gasteiger partial charge is 0.0837 e. The molecule has 0 bridgehead atoms. The molecule has 2 rings (SSSR count). The van der Waals surface area contributed by atoms with Crippen LogP contribution in [0.15, 0.2) is 30.3 Å². The van der Waals surface area contributed by atoms with Crippen LogP contribution in [0.1, 0.15) is 44.1 Å². The predicted octanol–water partition coefficient (Wildman–Crippen LogP) is 3.46. The Morgan fingerprint density at radius 2 is 1.94 bits per heavy atom. The SMILES string of the molecule is C[C@@H](NCC(C#N)c1ccccc1)C1CCCC1. The molecular formula is C16H22N2. The van der Waals surface area contributed by atoms with Gasteiger partial charge in [-0.3, -0.25) is 0 Å². The van der Waals surface area contributed by atoms with E-state index in [1.807, 2.05) is 30.3 Å². The van der Waals surface area contributed by atoms with Crippen LogP contribution in [-0.2, 0) is 0 Å². The Balaban J connectivity index is 1.86. The quantitative estimate of drug-likeness (QED) is 0.858. The van der Waals surface area contributed by atoms with E-state index in [2.05, 4.69) is 18.3 Å². The van der Waals surface area contributed by atoms with Gasteiger partial charge in [0.15, 0.2) is 0 Å². The molecule has 1 N–H and O–H groups in total. The summed E-state index contributed by atoms with van der Waals surface area (Å²) in [7, 11) is 0. The normalized spacial score (nSPS) is 19.3. The fraction of sp³-hybridized carbons (Fsp3) is 0.562. The highest BCUT2D eigenvalue weighted by molar-refractivity contribution is 5.25. The summed E-state index contributed by atoms with van der Waals surface area (Å²) >= 11 is 0. The summed E-state index contributed by atoms with van der Waals surface area (Å²) in [5.41, 5.74) is 1.12. The van der Waals surface area contributed by atoms with Crippen molar-refractivity contribution in [1.29, 1.82) is 5.26 Å². The van der Waals surface area contributed by atoms with E-state index in [9.17, 15) is 5.26 Å². The summed E-state index contributed by atoms with van der Waals surface area (Å²) in [5.74, 6) is 0.773. The molecule has 0 radical (unpaired) electrons. The minimum atomic E-state index is -0.0324. The molecule has 0 heterocycles. The first-order chi connectivity index (χ1) is 8.81. The maximum Gasteiger partial charge on any atom is 0.0837 e. The Kier molecular flexibility index (Phi) is 4.78. The lowest BCUT2D eigenvalue weighted by Crippen LogP contribution is -2.35. The Bertz CT molecular complexity index is 387. The van der Waals surface area contributed by atoms with Crippen LogP contribution in [0.4, 0.5) is 0 Å². The molecule has 1 unspecified atom stereocenters. The van der Waals surface area contributed by atoms with Gasteiger partial charge in [-0.25, -0.2) is 0 Å². The third-order valence-electron chi connectivity index (χ3n) is 4.11. The maximum atomic E-state index is 9.27. The third kappa shape index (κ3) is 3.34. The van der Waals surface area contributed by atoms with Gasteiger partial charge in [0.05, 0.1) is 12.0 Å². The number of hydrogen-bond acceptors (Lipinski definition) is 2. The molecule has 0 aromatic heterocycles. The van der Waals surface area contributed by atoms with Gasteiger partial charge in [0, 0.05) is 12.6 Å². The second-order valence-corrected chi connectivity index (χ2v) is 5.33. The number of nitriles is 1. The molecule has 2 heteroatoms. The standard InChI is InChI=1S/C16H22N2/c1-13(14-7-5-6-8-14)18-12-16(11-17)15-9-3-2-4-10-15/h2-4,9-10,13-14,16,18H,5-8,12H2,1H3/t13-,16?/m1/s1. The van der Waals surface area contributed by atoms with Crippen LogP contribution in [0.3, 0.4) is 0 Å². The van der Waals surface area contributed by atoms with Crippen molar-refractivity contribution < 1.29 is 0 Å². The van der Waals surface area contributed by atoms with Crippen molar-refractivity contribution in [1.82, 2.24) is 5.32 Å².